The molecule has 0 spiro atoms. The van der Waals surface area contributed by atoms with Crippen molar-refractivity contribution in [3.05, 3.63) is 89.3 Å². The van der Waals surface area contributed by atoms with E-state index in [-0.39, 0.29) is 0 Å². The van der Waals surface area contributed by atoms with Crippen LogP contribution in [0.1, 0.15) is 32.6 Å². The second-order valence-electron chi connectivity index (χ2n) is 5.67. The van der Waals surface area contributed by atoms with Gasteiger partial charge in [-0.3, -0.25) is 0 Å². The van der Waals surface area contributed by atoms with Crippen molar-refractivity contribution in [1.82, 2.24) is 9.78 Å². The van der Waals surface area contributed by atoms with Crippen molar-refractivity contribution in [1.29, 1.82) is 0 Å². The van der Waals surface area contributed by atoms with Crippen molar-refractivity contribution < 1.29 is 9.90 Å². The van der Waals surface area contributed by atoms with Crippen molar-refractivity contribution >= 4 is 12.0 Å². The number of hydrogen-bond acceptors (Lipinski definition) is 2. The highest BCUT2D eigenvalue weighted by Gasteiger charge is 2.12. The van der Waals surface area contributed by atoms with Crippen molar-refractivity contribution in [2.75, 3.05) is 0 Å². The Morgan fingerprint density at radius 3 is 2.62 bits per heavy atom. The van der Waals surface area contributed by atoms with Crippen LogP contribution in [0.25, 0.3) is 11.8 Å². The Bertz CT molecular complexity index is 879. The lowest BCUT2D eigenvalue weighted by Gasteiger charge is -2.11. The van der Waals surface area contributed by atoms with E-state index >= 15 is 0 Å². The van der Waals surface area contributed by atoms with Crippen molar-refractivity contribution in [2.24, 2.45) is 0 Å². The Labute approximate surface area is 140 Å². The fourth-order valence-electron chi connectivity index (χ4n) is 2.73. The first kappa shape index (κ1) is 15.7. The monoisotopic (exact) mass is 318 g/mol. The molecule has 0 saturated carbocycles. The van der Waals surface area contributed by atoms with E-state index in [2.05, 4.69) is 11.7 Å². The van der Waals surface area contributed by atoms with Crippen LogP contribution < -0.4 is 0 Å². The summed E-state index contributed by atoms with van der Waals surface area (Å²) in [5.74, 6) is -0.930. The third kappa shape index (κ3) is 3.13. The normalized spacial score (nSPS) is 10.5. The summed E-state index contributed by atoms with van der Waals surface area (Å²) in [6, 6.07) is 13.6. The molecule has 1 heterocycles. The predicted octanol–water partition coefficient (Wildman–Crippen LogP) is 4.11. The highest BCUT2D eigenvalue weighted by molar-refractivity contribution is 5.92. The molecule has 0 aliphatic carbocycles. The van der Waals surface area contributed by atoms with E-state index in [1.165, 1.54) is 0 Å². The molecule has 24 heavy (non-hydrogen) atoms. The van der Waals surface area contributed by atoms with Crippen molar-refractivity contribution in [3.8, 4) is 5.69 Å². The molecule has 1 N–H and O–H groups in total. The van der Waals surface area contributed by atoms with Crippen LogP contribution in [0.3, 0.4) is 0 Å². The van der Waals surface area contributed by atoms with Crippen molar-refractivity contribution in [2.45, 2.75) is 13.3 Å². The molecule has 0 saturated heterocycles. The molecule has 0 bridgehead atoms. The average Bonchev–Trinajstić information content (AvgIpc) is 3.11. The van der Waals surface area contributed by atoms with Gasteiger partial charge in [0, 0.05) is 12.4 Å². The summed E-state index contributed by atoms with van der Waals surface area (Å²) < 4.78 is 1.80. The quantitative estimate of drug-likeness (QED) is 0.770. The third-order valence-corrected chi connectivity index (χ3v) is 4.06. The minimum atomic E-state index is -0.930. The number of aromatic carboxylic acids is 1. The first-order valence-electron chi connectivity index (χ1n) is 7.66. The summed E-state index contributed by atoms with van der Waals surface area (Å²) in [5, 5.41) is 13.6. The first-order chi connectivity index (χ1) is 11.6. The van der Waals surface area contributed by atoms with E-state index < -0.39 is 5.97 Å². The maximum atomic E-state index is 11.4. The van der Waals surface area contributed by atoms with Gasteiger partial charge in [0.1, 0.15) is 0 Å². The largest absolute Gasteiger partial charge is 0.478 e. The highest BCUT2D eigenvalue weighted by Crippen LogP contribution is 2.21. The van der Waals surface area contributed by atoms with Gasteiger partial charge in [-0.2, -0.15) is 5.10 Å². The molecule has 0 unspecified atom stereocenters. The Balaban J connectivity index is 1.89. The summed E-state index contributed by atoms with van der Waals surface area (Å²) in [4.78, 5) is 11.4. The number of aromatic nitrogens is 2. The summed E-state index contributed by atoms with van der Waals surface area (Å²) >= 11 is 0. The van der Waals surface area contributed by atoms with Gasteiger partial charge in [0.2, 0.25) is 0 Å². The number of rotatable bonds is 5. The fraction of sp³-hybridized carbons (Fsp3) is 0.100. The summed E-state index contributed by atoms with van der Waals surface area (Å²) in [6.45, 7) is 5.68. The fourth-order valence-corrected chi connectivity index (χ4v) is 2.73. The lowest BCUT2D eigenvalue weighted by Crippen LogP contribution is -2.03. The Hall–Kier alpha value is -3.14. The van der Waals surface area contributed by atoms with Gasteiger partial charge in [-0.05, 0) is 59.9 Å². The zero-order chi connectivity index (χ0) is 17.1. The number of aryl methyl sites for hydroxylation is 1. The van der Waals surface area contributed by atoms with Crippen LogP contribution in [0.15, 0.2) is 61.4 Å². The van der Waals surface area contributed by atoms with Crippen LogP contribution in [-0.4, -0.2) is 20.9 Å². The number of carboxylic acid groups (broad SMARTS) is 1. The lowest BCUT2D eigenvalue weighted by atomic mass is 9.94. The Morgan fingerprint density at radius 1 is 1.29 bits per heavy atom. The molecule has 2 aromatic carbocycles. The molecule has 3 rings (SSSR count). The third-order valence-electron chi connectivity index (χ3n) is 4.06. The molecule has 120 valence electrons. The predicted molar refractivity (Wildman–Crippen MR) is 94.6 cm³/mol. The van der Waals surface area contributed by atoms with Gasteiger partial charge in [0.15, 0.2) is 0 Å². The first-order valence-corrected chi connectivity index (χ1v) is 7.66. The van der Waals surface area contributed by atoms with Gasteiger partial charge in [0.25, 0.3) is 0 Å². The van der Waals surface area contributed by atoms with E-state index in [9.17, 15) is 9.90 Å². The summed E-state index contributed by atoms with van der Waals surface area (Å²) in [6.07, 6.45) is 5.90. The maximum Gasteiger partial charge on any atom is 0.336 e. The molecular formula is C20H18N2O2. The van der Waals surface area contributed by atoms with Gasteiger partial charge < -0.3 is 5.11 Å². The van der Waals surface area contributed by atoms with E-state index in [0.717, 1.165) is 22.4 Å². The number of carbonyl (C=O) groups is 1. The Kier molecular flexibility index (Phi) is 4.29. The van der Waals surface area contributed by atoms with Gasteiger partial charge in [-0.1, -0.05) is 30.9 Å². The second-order valence-corrected chi connectivity index (χ2v) is 5.67. The molecule has 0 atom stereocenters. The van der Waals surface area contributed by atoms with E-state index in [0.29, 0.717) is 17.5 Å². The maximum absolute atomic E-state index is 11.4. The van der Waals surface area contributed by atoms with Crippen LogP contribution in [0.2, 0.25) is 0 Å². The zero-order valence-electron chi connectivity index (χ0n) is 13.4. The van der Waals surface area contributed by atoms with Gasteiger partial charge in [-0.25, -0.2) is 9.48 Å². The molecule has 0 amide bonds. The molecular weight excluding hydrogens is 300 g/mol. The molecule has 1 aromatic heterocycles. The van der Waals surface area contributed by atoms with Crippen molar-refractivity contribution in [3.63, 3.8) is 0 Å². The van der Waals surface area contributed by atoms with Crippen LogP contribution in [0, 0.1) is 6.92 Å². The standard InChI is InChI=1S/C20H18N2O2/c1-3-16-11-14(2)17(13-19(16)20(23)24)12-15-5-7-18(8-6-15)22-10-4-9-21-22/h3-11,13H,1,12H2,2H3,(H,23,24). The molecule has 4 heteroatoms. The lowest BCUT2D eigenvalue weighted by molar-refractivity contribution is 0.0696. The van der Waals surface area contributed by atoms with Crippen LogP contribution in [0.4, 0.5) is 0 Å². The number of nitrogens with zero attached hydrogens (tertiary/aromatic N) is 2. The molecule has 3 aromatic rings. The van der Waals surface area contributed by atoms with Crippen LogP contribution in [0.5, 0.6) is 0 Å². The SMILES string of the molecule is C=Cc1cc(C)c(Cc2ccc(-n3cccn3)cc2)cc1C(=O)O. The van der Waals surface area contributed by atoms with Gasteiger partial charge in [-0.15, -0.1) is 0 Å². The average molecular weight is 318 g/mol. The second kappa shape index (κ2) is 6.54. The molecule has 0 aliphatic rings. The summed E-state index contributed by atoms with van der Waals surface area (Å²) in [7, 11) is 0. The van der Waals surface area contributed by atoms with E-state index in [1.807, 2.05) is 49.5 Å². The topological polar surface area (TPSA) is 55.1 Å². The van der Waals surface area contributed by atoms with Gasteiger partial charge >= 0.3 is 5.97 Å². The molecule has 0 radical (unpaired) electrons. The minimum Gasteiger partial charge on any atom is -0.478 e. The Morgan fingerprint density at radius 2 is 2.04 bits per heavy atom. The van der Waals surface area contributed by atoms with Crippen LogP contribution >= 0.6 is 0 Å². The van der Waals surface area contributed by atoms with E-state index in [1.54, 1.807) is 23.0 Å². The van der Waals surface area contributed by atoms with Gasteiger partial charge in [0.05, 0.1) is 11.3 Å². The number of hydrogen-bond donors (Lipinski definition) is 1. The molecule has 4 nitrogen and oxygen atoms in total. The van der Waals surface area contributed by atoms with Crippen LogP contribution in [-0.2, 0) is 6.42 Å². The smallest absolute Gasteiger partial charge is 0.336 e. The summed E-state index contributed by atoms with van der Waals surface area (Å²) in [5.41, 5.74) is 5.12. The number of benzene rings is 2. The molecule has 0 aliphatic heterocycles. The van der Waals surface area contributed by atoms with E-state index in [4.69, 9.17) is 0 Å². The number of carboxylic acids is 1. The highest BCUT2D eigenvalue weighted by atomic mass is 16.4. The molecule has 0 fully saturated rings. The zero-order valence-corrected chi connectivity index (χ0v) is 13.4. The minimum absolute atomic E-state index is 0.291.